The van der Waals surface area contributed by atoms with Crippen LogP contribution in [-0.4, -0.2) is 34.5 Å². The molecule has 1 aliphatic heterocycles. The Labute approximate surface area is 127 Å². The van der Waals surface area contributed by atoms with Crippen molar-refractivity contribution in [2.24, 2.45) is 5.41 Å². The lowest BCUT2D eigenvalue weighted by Gasteiger charge is -2.44. The third-order valence-electron chi connectivity index (χ3n) is 3.93. The molecule has 0 aliphatic carbocycles. The molecular formula is C15H17ClFNO3. The number of halogens is 2. The summed E-state index contributed by atoms with van der Waals surface area (Å²) in [5.41, 5.74) is -0.311. The van der Waals surface area contributed by atoms with Gasteiger partial charge >= 0.3 is 5.97 Å². The first-order valence-corrected chi connectivity index (χ1v) is 7.10. The molecule has 1 saturated heterocycles. The summed E-state index contributed by atoms with van der Waals surface area (Å²) >= 11 is 5.69. The number of carbonyl (C=O) groups is 2. The fraction of sp³-hybridized carbons (Fsp3) is 0.467. The molecule has 0 aromatic heterocycles. The van der Waals surface area contributed by atoms with Crippen molar-refractivity contribution in [3.05, 3.63) is 34.6 Å². The van der Waals surface area contributed by atoms with E-state index < -0.39 is 29.2 Å². The van der Waals surface area contributed by atoms with Gasteiger partial charge in [-0.25, -0.2) is 9.18 Å². The van der Waals surface area contributed by atoms with E-state index in [1.54, 1.807) is 0 Å². The van der Waals surface area contributed by atoms with E-state index in [4.69, 9.17) is 11.6 Å². The number of hydrogen-bond donors (Lipinski definition) is 1. The standard InChI is InChI=1S/C15H17ClFNO3/c1-15(2)6-3-7-18(12(15)14(20)21)13(19)9-4-5-11(17)10(16)8-9/h4-5,8,12H,3,6-7H2,1-2H3,(H,20,21). The summed E-state index contributed by atoms with van der Waals surface area (Å²) in [4.78, 5) is 25.4. The summed E-state index contributed by atoms with van der Waals surface area (Å²) in [6.07, 6.45) is 1.47. The SMILES string of the molecule is CC1(C)CCCN(C(=O)c2ccc(F)c(Cl)c2)C1C(=O)O. The Morgan fingerprint density at radius 1 is 1.43 bits per heavy atom. The molecule has 114 valence electrons. The molecule has 21 heavy (non-hydrogen) atoms. The predicted octanol–water partition coefficient (Wildman–Crippen LogP) is 3.19. The molecule has 1 N–H and O–H groups in total. The second kappa shape index (κ2) is 5.64. The molecule has 1 aromatic rings. The highest BCUT2D eigenvalue weighted by Crippen LogP contribution is 2.36. The number of carbonyl (C=O) groups excluding carboxylic acids is 1. The molecule has 1 atom stereocenters. The molecule has 0 saturated carbocycles. The van der Waals surface area contributed by atoms with E-state index >= 15 is 0 Å². The molecule has 0 radical (unpaired) electrons. The minimum atomic E-state index is -1.03. The van der Waals surface area contributed by atoms with E-state index in [9.17, 15) is 19.1 Å². The highest BCUT2D eigenvalue weighted by molar-refractivity contribution is 6.31. The number of aliphatic carboxylic acids is 1. The Bertz CT molecular complexity index is 588. The number of benzene rings is 1. The Hall–Kier alpha value is -1.62. The lowest BCUT2D eigenvalue weighted by molar-refractivity contribution is -0.148. The summed E-state index contributed by atoms with van der Waals surface area (Å²) in [7, 11) is 0. The van der Waals surface area contributed by atoms with Crippen LogP contribution in [0.25, 0.3) is 0 Å². The smallest absolute Gasteiger partial charge is 0.326 e. The van der Waals surface area contributed by atoms with Gasteiger partial charge in [0.1, 0.15) is 11.9 Å². The van der Waals surface area contributed by atoms with Crippen LogP contribution >= 0.6 is 11.6 Å². The second-order valence-corrected chi connectivity index (χ2v) is 6.37. The summed E-state index contributed by atoms with van der Waals surface area (Å²) in [6.45, 7) is 4.04. The average Bonchev–Trinajstić information content (AvgIpc) is 2.39. The monoisotopic (exact) mass is 313 g/mol. The Morgan fingerprint density at radius 2 is 2.10 bits per heavy atom. The Balaban J connectivity index is 2.35. The van der Waals surface area contributed by atoms with Crippen LogP contribution in [0.5, 0.6) is 0 Å². The number of likely N-dealkylation sites (tertiary alicyclic amines) is 1. The van der Waals surface area contributed by atoms with Crippen molar-refractivity contribution < 1.29 is 19.1 Å². The first-order chi connectivity index (χ1) is 9.74. The molecule has 1 aliphatic rings. The normalized spacial score (nSPS) is 21.1. The predicted molar refractivity (Wildman–Crippen MR) is 76.9 cm³/mol. The zero-order valence-electron chi connectivity index (χ0n) is 11.9. The van der Waals surface area contributed by atoms with E-state index in [1.165, 1.54) is 17.0 Å². The van der Waals surface area contributed by atoms with E-state index in [0.29, 0.717) is 6.54 Å². The molecule has 1 aromatic carbocycles. The molecule has 1 amide bonds. The number of carboxylic acids is 1. The lowest BCUT2D eigenvalue weighted by Crippen LogP contribution is -2.56. The first kappa shape index (κ1) is 15.8. The maximum absolute atomic E-state index is 13.2. The minimum absolute atomic E-state index is 0.149. The fourth-order valence-electron chi connectivity index (χ4n) is 2.87. The summed E-state index contributed by atoms with van der Waals surface area (Å²) < 4.78 is 13.2. The third-order valence-corrected chi connectivity index (χ3v) is 4.22. The molecule has 1 heterocycles. The molecule has 2 rings (SSSR count). The van der Waals surface area contributed by atoms with Crippen LogP contribution in [0, 0.1) is 11.2 Å². The van der Waals surface area contributed by atoms with Crippen molar-refractivity contribution >= 4 is 23.5 Å². The highest BCUT2D eigenvalue weighted by Gasteiger charge is 2.44. The number of carboxylic acid groups (broad SMARTS) is 1. The van der Waals surface area contributed by atoms with E-state index in [1.807, 2.05) is 13.8 Å². The van der Waals surface area contributed by atoms with Crippen LogP contribution in [-0.2, 0) is 4.79 Å². The summed E-state index contributed by atoms with van der Waals surface area (Å²) in [6, 6.07) is 2.77. The van der Waals surface area contributed by atoms with Crippen LogP contribution in [0.4, 0.5) is 4.39 Å². The highest BCUT2D eigenvalue weighted by atomic mass is 35.5. The van der Waals surface area contributed by atoms with Crippen LogP contribution in [0.1, 0.15) is 37.0 Å². The topological polar surface area (TPSA) is 57.6 Å². The van der Waals surface area contributed by atoms with Crippen LogP contribution in [0.15, 0.2) is 18.2 Å². The first-order valence-electron chi connectivity index (χ1n) is 6.73. The molecule has 0 spiro atoms. The van der Waals surface area contributed by atoms with Gasteiger partial charge in [-0.2, -0.15) is 0 Å². The van der Waals surface area contributed by atoms with Crippen LogP contribution < -0.4 is 0 Å². The number of rotatable bonds is 2. The zero-order chi connectivity index (χ0) is 15.8. The number of amides is 1. The lowest BCUT2D eigenvalue weighted by atomic mass is 9.76. The number of hydrogen-bond acceptors (Lipinski definition) is 2. The van der Waals surface area contributed by atoms with E-state index in [0.717, 1.165) is 18.9 Å². The third kappa shape index (κ3) is 3.02. The quantitative estimate of drug-likeness (QED) is 0.912. The van der Waals surface area contributed by atoms with Crippen molar-refractivity contribution in [3.8, 4) is 0 Å². The molecule has 0 bridgehead atoms. The molecular weight excluding hydrogens is 297 g/mol. The van der Waals surface area contributed by atoms with Gasteiger partial charge in [0, 0.05) is 12.1 Å². The largest absolute Gasteiger partial charge is 0.480 e. The number of nitrogens with zero attached hydrogens (tertiary/aromatic N) is 1. The van der Waals surface area contributed by atoms with E-state index in [2.05, 4.69) is 0 Å². The van der Waals surface area contributed by atoms with Crippen LogP contribution in [0.2, 0.25) is 5.02 Å². The maximum atomic E-state index is 13.2. The minimum Gasteiger partial charge on any atom is -0.480 e. The van der Waals surface area contributed by atoms with Crippen molar-refractivity contribution in [2.45, 2.75) is 32.7 Å². The molecule has 1 unspecified atom stereocenters. The van der Waals surface area contributed by atoms with Gasteiger partial charge in [-0.1, -0.05) is 25.4 Å². The van der Waals surface area contributed by atoms with Gasteiger partial charge in [0.25, 0.3) is 5.91 Å². The van der Waals surface area contributed by atoms with Crippen molar-refractivity contribution in [3.63, 3.8) is 0 Å². The Morgan fingerprint density at radius 3 is 2.67 bits per heavy atom. The summed E-state index contributed by atoms with van der Waals surface area (Å²) in [5.74, 6) is -2.07. The van der Waals surface area contributed by atoms with Gasteiger partial charge in [0.15, 0.2) is 0 Å². The van der Waals surface area contributed by atoms with Gasteiger partial charge in [-0.3, -0.25) is 4.79 Å². The number of piperidine rings is 1. The average molecular weight is 314 g/mol. The van der Waals surface area contributed by atoms with Crippen molar-refractivity contribution in [1.82, 2.24) is 4.90 Å². The molecule has 1 fully saturated rings. The van der Waals surface area contributed by atoms with Gasteiger partial charge in [0.2, 0.25) is 0 Å². The zero-order valence-corrected chi connectivity index (χ0v) is 12.7. The second-order valence-electron chi connectivity index (χ2n) is 5.96. The maximum Gasteiger partial charge on any atom is 0.326 e. The fourth-order valence-corrected chi connectivity index (χ4v) is 3.05. The van der Waals surface area contributed by atoms with Crippen LogP contribution in [0.3, 0.4) is 0 Å². The van der Waals surface area contributed by atoms with Gasteiger partial charge in [0.05, 0.1) is 5.02 Å². The van der Waals surface area contributed by atoms with Crippen molar-refractivity contribution in [2.75, 3.05) is 6.54 Å². The van der Waals surface area contributed by atoms with Gasteiger partial charge in [-0.15, -0.1) is 0 Å². The van der Waals surface area contributed by atoms with Gasteiger partial charge < -0.3 is 10.0 Å². The van der Waals surface area contributed by atoms with Crippen molar-refractivity contribution in [1.29, 1.82) is 0 Å². The molecule has 6 heteroatoms. The summed E-state index contributed by atoms with van der Waals surface area (Å²) in [5, 5.41) is 9.31. The molecule has 4 nitrogen and oxygen atoms in total. The van der Waals surface area contributed by atoms with Gasteiger partial charge in [-0.05, 0) is 36.5 Å². The van der Waals surface area contributed by atoms with E-state index in [-0.39, 0.29) is 10.6 Å². The Kier molecular flexibility index (Phi) is 4.23.